The molecule has 0 radical (unpaired) electrons. The summed E-state index contributed by atoms with van der Waals surface area (Å²) in [5.41, 5.74) is 3.87. The molecule has 1 aromatic carbocycles. The number of halogens is 1. The van der Waals surface area contributed by atoms with Crippen LogP contribution in [0, 0.1) is 0 Å². The van der Waals surface area contributed by atoms with Crippen molar-refractivity contribution >= 4 is 34.4 Å². The van der Waals surface area contributed by atoms with Crippen molar-refractivity contribution in [3.8, 4) is 10.6 Å². The first-order valence-corrected chi connectivity index (χ1v) is 7.76. The SMILES string of the molecule is CCNc1nnc(-c2ccc(C3=CCNCC3)cc2)s1.Cl. The zero-order chi connectivity index (χ0) is 13.8. The topological polar surface area (TPSA) is 49.8 Å². The van der Waals surface area contributed by atoms with Crippen molar-refractivity contribution in [2.45, 2.75) is 13.3 Å². The van der Waals surface area contributed by atoms with E-state index in [0.717, 1.165) is 41.8 Å². The Hall–Kier alpha value is -1.43. The highest BCUT2D eigenvalue weighted by Gasteiger charge is 2.08. The monoisotopic (exact) mass is 322 g/mol. The molecular weight excluding hydrogens is 304 g/mol. The molecular formula is C15H19ClN4S. The average Bonchev–Trinajstić information content (AvgIpc) is 2.97. The lowest BCUT2D eigenvalue weighted by atomic mass is 9.99. The van der Waals surface area contributed by atoms with Gasteiger partial charge in [0.05, 0.1) is 0 Å². The van der Waals surface area contributed by atoms with E-state index in [9.17, 15) is 0 Å². The largest absolute Gasteiger partial charge is 0.360 e. The normalized spacial score (nSPS) is 14.2. The molecule has 0 aliphatic carbocycles. The van der Waals surface area contributed by atoms with E-state index in [0.29, 0.717) is 0 Å². The number of rotatable bonds is 4. The van der Waals surface area contributed by atoms with E-state index in [4.69, 9.17) is 0 Å². The summed E-state index contributed by atoms with van der Waals surface area (Å²) >= 11 is 1.59. The zero-order valence-electron chi connectivity index (χ0n) is 11.9. The summed E-state index contributed by atoms with van der Waals surface area (Å²) in [5, 5.41) is 16.7. The minimum atomic E-state index is 0. The van der Waals surface area contributed by atoms with Crippen molar-refractivity contribution in [3.05, 3.63) is 35.9 Å². The third-order valence-electron chi connectivity index (χ3n) is 3.32. The molecule has 1 aliphatic heterocycles. The summed E-state index contributed by atoms with van der Waals surface area (Å²) in [4.78, 5) is 0. The third-order valence-corrected chi connectivity index (χ3v) is 4.25. The molecule has 112 valence electrons. The molecule has 0 saturated carbocycles. The van der Waals surface area contributed by atoms with Gasteiger partial charge in [0.1, 0.15) is 5.01 Å². The lowest BCUT2D eigenvalue weighted by Gasteiger charge is -2.14. The number of hydrogen-bond donors (Lipinski definition) is 2. The van der Waals surface area contributed by atoms with Crippen LogP contribution in [0.1, 0.15) is 18.9 Å². The van der Waals surface area contributed by atoms with Crippen molar-refractivity contribution in [1.82, 2.24) is 15.5 Å². The molecule has 2 heterocycles. The summed E-state index contributed by atoms with van der Waals surface area (Å²) < 4.78 is 0. The second-order valence-corrected chi connectivity index (χ2v) is 5.68. The lowest BCUT2D eigenvalue weighted by Crippen LogP contribution is -2.19. The Bertz CT molecular complexity index is 606. The smallest absolute Gasteiger partial charge is 0.205 e. The molecule has 4 nitrogen and oxygen atoms in total. The van der Waals surface area contributed by atoms with Crippen LogP contribution in [0.2, 0.25) is 0 Å². The average molecular weight is 323 g/mol. The Morgan fingerprint density at radius 1 is 1.19 bits per heavy atom. The number of benzene rings is 1. The third kappa shape index (κ3) is 3.81. The molecule has 0 unspecified atom stereocenters. The van der Waals surface area contributed by atoms with Crippen LogP contribution in [0.4, 0.5) is 5.13 Å². The van der Waals surface area contributed by atoms with Gasteiger partial charge in [0, 0.05) is 18.7 Å². The maximum Gasteiger partial charge on any atom is 0.205 e. The molecule has 0 atom stereocenters. The van der Waals surface area contributed by atoms with Crippen molar-refractivity contribution < 1.29 is 0 Å². The van der Waals surface area contributed by atoms with E-state index >= 15 is 0 Å². The number of nitrogens with one attached hydrogen (secondary N) is 2. The Labute approximate surface area is 135 Å². The highest BCUT2D eigenvalue weighted by molar-refractivity contribution is 7.18. The molecule has 0 saturated heterocycles. The van der Waals surface area contributed by atoms with Gasteiger partial charge in [0.15, 0.2) is 0 Å². The van der Waals surface area contributed by atoms with E-state index in [-0.39, 0.29) is 12.4 Å². The van der Waals surface area contributed by atoms with Gasteiger partial charge in [-0.25, -0.2) is 0 Å². The predicted octanol–water partition coefficient (Wildman–Crippen LogP) is 3.44. The molecule has 0 fully saturated rings. The Kier molecular flexibility index (Phi) is 5.73. The van der Waals surface area contributed by atoms with Crippen molar-refractivity contribution in [3.63, 3.8) is 0 Å². The second kappa shape index (κ2) is 7.54. The quantitative estimate of drug-likeness (QED) is 0.905. The molecule has 3 rings (SSSR count). The summed E-state index contributed by atoms with van der Waals surface area (Å²) in [6.45, 7) is 4.97. The first kappa shape index (κ1) is 15.9. The molecule has 0 spiro atoms. The van der Waals surface area contributed by atoms with Crippen LogP contribution in [0.25, 0.3) is 16.1 Å². The molecule has 1 aromatic heterocycles. The second-order valence-electron chi connectivity index (χ2n) is 4.70. The summed E-state index contributed by atoms with van der Waals surface area (Å²) in [5.74, 6) is 0. The van der Waals surface area contributed by atoms with Crippen LogP contribution >= 0.6 is 23.7 Å². The van der Waals surface area contributed by atoms with Gasteiger partial charge in [-0.1, -0.05) is 41.7 Å². The van der Waals surface area contributed by atoms with E-state index < -0.39 is 0 Å². The van der Waals surface area contributed by atoms with Gasteiger partial charge in [-0.15, -0.1) is 22.6 Å². The fourth-order valence-electron chi connectivity index (χ4n) is 2.27. The molecule has 2 N–H and O–H groups in total. The van der Waals surface area contributed by atoms with Crippen LogP contribution in [0.5, 0.6) is 0 Å². The summed E-state index contributed by atoms with van der Waals surface area (Å²) in [6.07, 6.45) is 3.37. The predicted molar refractivity (Wildman–Crippen MR) is 92.2 cm³/mol. The van der Waals surface area contributed by atoms with Crippen molar-refractivity contribution in [2.75, 3.05) is 25.0 Å². The first-order valence-electron chi connectivity index (χ1n) is 6.95. The maximum atomic E-state index is 4.23. The Morgan fingerprint density at radius 2 is 1.95 bits per heavy atom. The minimum absolute atomic E-state index is 0. The molecule has 0 amide bonds. The van der Waals surface area contributed by atoms with E-state index in [1.54, 1.807) is 11.3 Å². The van der Waals surface area contributed by atoms with Crippen LogP contribution in [-0.4, -0.2) is 29.8 Å². The lowest BCUT2D eigenvalue weighted by molar-refractivity contribution is 0.738. The maximum absolute atomic E-state index is 4.23. The zero-order valence-corrected chi connectivity index (χ0v) is 13.6. The Balaban J connectivity index is 0.00000161. The number of anilines is 1. The molecule has 1 aliphatic rings. The van der Waals surface area contributed by atoms with Crippen LogP contribution in [-0.2, 0) is 0 Å². The van der Waals surface area contributed by atoms with Gasteiger partial charge in [-0.05, 0) is 31.0 Å². The number of aromatic nitrogens is 2. The standard InChI is InChI=1S/C15H18N4S.ClH/c1-2-17-15-19-18-14(20-15)13-5-3-11(4-6-13)12-7-9-16-10-8-12;/h3-7,16H,2,8-10H2,1H3,(H,17,19);1H. The van der Waals surface area contributed by atoms with Gasteiger partial charge in [0.25, 0.3) is 0 Å². The fourth-order valence-corrected chi connectivity index (χ4v) is 3.09. The molecule has 21 heavy (non-hydrogen) atoms. The minimum Gasteiger partial charge on any atom is -0.360 e. The molecule has 0 bridgehead atoms. The molecule has 2 aromatic rings. The van der Waals surface area contributed by atoms with E-state index in [1.807, 2.05) is 0 Å². The Morgan fingerprint density at radius 3 is 2.62 bits per heavy atom. The van der Waals surface area contributed by atoms with Gasteiger partial charge >= 0.3 is 0 Å². The van der Waals surface area contributed by atoms with Crippen LogP contribution in [0.15, 0.2) is 30.3 Å². The number of hydrogen-bond acceptors (Lipinski definition) is 5. The summed E-state index contributed by atoms with van der Waals surface area (Å²) in [6, 6.07) is 8.63. The van der Waals surface area contributed by atoms with Crippen molar-refractivity contribution in [1.29, 1.82) is 0 Å². The van der Waals surface area contributed by atoms with Gasteiger partial charge in [-0.2, -0.15) is 0 Å². The highest BCUT2D eigenvalue weighted by atomic mass is 35.5. The fraction of sp³-hybridized carbons (Fsp3) is 0.333. The van der Waals surface area contributed by atoms with Gasteiger partial charge in [0.2, 0.25) is 5.13 Å². The van der Waals surface area contributed by atoms with Crippen LogP contribution in [0.3, 0.4) is 0 Å². The molecule has 6 heteroatoms. The highest BCUT2D eigenvalue weighted by Crippen LogP contribution is 2.28. The first-order chi connectivity index (χ1) is 9.86. The van der Waals surface area contributed by atoms with Gasteiger partial charge < -0.3 is 10.6 Å². The van der Waals surface area contributed by atoms with E-state index in [1.165, 1.54) is 11.1 Å². The van der Waals surface area contributed by atoms with Crippen LogP contribution < -0.4 is 10.6 Å². The number of nitrogens with zero attached hydrogens (tertiary/aromatic N) is 2. The van der Waals surface area contributed by atoms with Crippen molar-refractivity contribution in [2.24, 2.45) is 0 Å². The summed E-state index contributed by atoms with van der Waals surface area (Å²) in [7, 11) is 0. The van der Waals surface area contributed by atoms with Gasteiger partial charge in [-0.3, -0.25) is 0 Å². The van der Waals surface area contributed by atoms with E-state index in [2.05, 4.69) is 58.1 Å².